The van der Waals surface area contributed by atoms with Gasteiger partial charge >= 0.3 is 0 Å². The predicted molar refractivity (Wildman–Crippen MR) is 99.3 cm³/mol. The first-order valence-corrected chi connectivity index (χ1v) is 8.76. The molecule has 1 aromatic heterocycles. The van der Waals surface area contributed by atoms with Crippen molar-refractivity contribution in [2.24, 2.45) is 5.92 Å². The Morgan fingerprint density at radius 2 is 2.12 bits per heavy atom. The third-order valence-electron chi connectivity index (χ3n) is 4.17. The average molecular weight is 364 g/mol. The van der Waals surface area contributed by atoms with E-state index in [0.29, 0.717) is 27.2 Å². The Morgan fingerprint density at radius 1 is 1.29 bits per heavy atom. The van der Waals surface area contributed by atoms with Gasteiger partial charge in [-0.25, -0.2) is 4.98 Å². The molecule has 2 aromatic rings. The zero-order valence-electron chi connectivity index (χ0n) is 13.4. The van der Waals surface area contributed by atoms with Crippen LogP contribution in [0.1, 0.15) is 30.1 Å². The molecule has 3 rings (SSSR count). The summed E-state index contributed by atoms with van der Waals surface area (Å²) in [4.78, 5) is 19.1. The number of carbonyl (C=O) groups excluding carboxylic acids is 1. The fraction of sp³-hybridized carbons (Fsp3) is 0.333. The van der Waals surface area contributed by atoms with Gasteiger partial charge in [0, 0.05) is 24.3 Å². The molecule has 1 N–H and O–H groups in total. The number of benzene rings is 1. The lowest BCUT2D eigenvalue weighted by Gasteiger charge is -2.31. The van der Waals surface area contributed by atoms with E-state index >= 15 is 0 Å². The molecule has 0 spiro atoms. The molecule has 0 bridgehead atoms. The Bertz CT molecular complexity index is 734. The Balaban J connectivity index is 1.69. The van der Waals surface area contributed by atoms with E-state index in [4.69, 9.17) is 23.2 Å². The monoisotopic (exact) mass is 363 g/mol. The molecule has 1 unspecified atom stereocenters. The summed E-state index contributed by atoms with van der Waals surface area (Å²) < 4.78 is 0. The standard InChI is InChI=1S/C18H19Cl2N3O/c1-12-3-2-8-23(11-12)17-7-4-13(10-21-17)18(24)22-16-6-5-14(19)9-15(16)20/h4-7,9-10,12H,2-3,8,11H2,1H3,(H,22,24). The molecule has 1 aliphatic heterocycles. The van der Waals surface area contributed by atoms with Gasteiger partial charge in [0.2, 0.25) is 0 Å². The fourth-order valence-electron chi connectivity index (χ4n) is 2.89. The van der Waals surface area contributed by atoms with Gasteiger partial charge in [-0.15, -0.1) is 0 Å². The SMILES string of the molecule is CC1CCCN(c2ccc(C(=O)Nc3ccc(Cl)cc3Cl)cn2)C1. The lowest BCUT2D eigenvalue weighted by molar-refractivity contribution is 0.102. The van der Waals surface area contributed by atoms with Gasteiger partial charge in [-0.05, 0) is 49.1 Å². The fourth-order valence-corrected chi connectivity index (χ4v) is 3.35. The smallest absolute Gasteiger partial charge is 0.257 e. The van der Waals surface area contributed by atoms with Crippen molar-refractivity contribution < 1.29 is 4.79 Å². The van der Waals surface area contributed by atoms with Crippen molar-refractivity contribution in [2.75, 3.05) is 23.3 Å². The summed E-state index contributed by atoms with van der Waals surface area (Å²) in [6.45, 7) is 4.28. The van der Waals surface area contributed by atoms with Gasteiger partial charge in [0.25, 0.3) is 5.91 Å². The molecule has 0 radical (unpaired) electrons. The second-order valence-electron chi connectivity index (χ2n) is 6.18. The summed E-state index contributed by atoms with van der Waals surface area (Å²) >= 11 is 11.9. The maximum absolute atomic E-state index is 12.3. The molecule has 1 aromatic carbocycles. The Kier molecular flexibility index (Phi) is 5.27. The Hall–Kier alpha value is -1.78. The summed E-state index contributed by atoms with van der Waals surface area (Å²) in [6, 6.07) is 8.65. The number of nitrogens with zero attached hydrogens (tertiary/aromatic N) is 2. The summed E-state index contributed by atoms with van der Waals surface area (Å²) in [5.41, 5.74) is 1.02. The van der Waals surface area contributed by atoms with Gasteiger partial charge in [0.15, 0.2) is 0 Å². The zero-order chi connectivity index (χ0) is 17.1. The van der Waals surface area contributed by atoms with Crippen molar-refractivity contribution >= 4 is 40.6 Å². The van der Waals surface area contributed by atoms with Crippen molar-refractivity contribution in [2.45, 2.75) is 19.8 Å². The van der Waals surface area contributed by atoms with Crippen LogP contribution in [0.25, 0.3) is 0 Å². The van der Waals surface area contributed by atoms with E-state index in [0.717, 1.165) is 18.9 Å². The third-order valence-corrected chi connectivity index (χ3v) is 4.72. The lowest BCUT2D eigenvalue weighted by atomic mass is 10.0. The van der Waals surface area contributed by atoms with Crippen molar-refractivity contribution in [3.8, 4) is 0 Å². The Labute approximate surface area is 151 Å². The van der Waals surface area contributed by atoms with E-state index in [1.54, 1.807) is 30.5 Å². The van der Waals surface area contributed by atoms with E-state index in [2.05, 4.69) is 22.1 Å². The van der Waals surface area contributed by atoms with Gasteiger partial charge in [-0.3, -0.25) is 4.79 Å². The quantitative estimate of drug-likeness (QED) is 0.845. The zero-order valence-corrected chi connectivity index (χ0v) is 14.9. The largest absolute Gasteiger partial charge is 0.356 e. The van der Waals surface area contributed by atoms with Crippen LogP contribution in [-0.4, -0.2) is 24.0 Å². The molecule has 126 valence electrons. The predicted octanol–water partition coefficient (Wildman–Crippen LogP) is 4.88. The molecule has 24 heavy (non-hydrogen) atoms. The number of piperidine rings is 1. The molecular weight excluding hydrogens is 345 g/mol. The number of nitrogens with one attached hydrogen (secondary N) is 1. The van der Waals surface area contributed by atoms with Crippen LogP contribution in [0, 0.1) is 5.92 Å². The van der Waals surface area contributed by atoms with E-state index < -0.39 is 0 Å². The maximum atomic E-state index is 12.3. The first-order valence-electron chi connectivity index (χ1n) is 8.00. The van der Waals surface area contributed by atoms with Crippen LogP contribution >= 0.6 is 23.2 Å². The van der Waals surface area contributed by atoms with Crippen LogP contribution in [0.5, 0.6) is 0 Å². The highest BCUT2D eigenvalue weighted by Gasteiger charge is 2.18. The molecule has 1 amide bonds. The summed E-state index contributed by atoms with van der Waals surface area (Å²) in [5, 5.41) is 3.71. The van der Waals surface area contributed by atoms with Crippen molar-refractivity contribution in [1.82, 2.24) is 4.98 Å². The van der Waals surface area contributed by atoms with Crippen LogP contribution in [-0.2, 0) is 0 Å². The number of hydrogen-bond acceptors (Lipinski definition) is 3. The van der Waals surface area contributed by atoms with E-state index in [1.165, 1.54) is 12.8 Å². The number of aromatic nitrogens is 1. The number of halogens is 2. The first-order chi connectivity index (χ1) is 11.5. The maximum Gasteiger partial charge on any atom is 0.257 e. The molecule has 1 fully saturated rings. The van der Waals surface area contributed by atoms with E-state index in [-0.39, 0.29) is 5.91 Å². The number of hydrogen-bond donors (Lipinski definition) is 1. The highest BCUT2D eigenvalue weighted by molar-refractivity contribution is 6.36. The van der Waals surface area contributed by atoms with Crippen molar-refractivity contribution in [1.29, 1.82) is 0 Å². The second-order valence-corrected chi connectivity index (χ2v) is 7.02. The van der Waals surface area contributed by atoms with Gasteiger partial charge in [0.1, 0.15) is 5.82 Å². The number of amides is 1. The molecule has 1 aliphatic rings. The van der Waals surface area contributed by atoms with E-state index in [1.807, 2.05) is 6.07 Å². The minimum Gasteiger partial charge on any atom is -0.356 e. The van der Waals surface area contributed by atoms with Crippen LogP contribution in [0.2, 0.25) is 10.0 Å². The van der Waals surface area contributed by atoms with Gasteiger partial charge in [-0.1, -0.05) is 30.1 Å². The number of anilines is 2. The lowest BCUT2D eigenvalue weighted by Crippen LogP contribution is -2.34. The summed E-state index contributed by atoms with van der Waals surface area (Å²) in [5.74, 6) is 1.35. The highest BCUT2D eigenvalue weighted by atomic mass is 35.5. The number of pyridine rings is 1. The highest BCUT2D eigenvalue weighted by Crippen LogP contribution is 2.26. The second kappa shape index (κ2) is 7.41. The van der Waals surface area contributed by atoms with Crippen LogP contribution in [0.4, 0.5) is 11.5 Å². The topological polar surface area (TPSA) is 45.2 Å². The average Bonchev–Trinajstić information content (AvgIpc) is 2.57. The van der Waals surface area contributed by atoms with E-state index in [9.17, 15) is 4.79 Å². The van der Waals surface area contributed by atoms with Gasteiger partial charge in [-0.2, -0.15) is 0 Å². The molecule has 1 saturated heterocycles. The molecule has 0 aliphatic carbocycles. The minimum absolute atomic E-state index is 0.245. The van der Waals surface area contributed by atoms with Crippen molar-refractivity contribution in [3.63, 3.8) is 0 Å². The summed E-state index contributed by atoms with van der Waals surface area (Å²) in [6.07, 6.45) is 4.05. The number of carbonyl (C=O) groups is 1. The Morgan fingerprint density at radius 3 is 2.79 bits per heavy atom. The molecule has 1 atom stereocenters. The van der Waals surface area contributed by atoms with Crippen molar-refractivity contribution in [3.05, 3.63) is 52.1 Å². The molecule has 0 saturated carbocycles. The number of rotatable bonds is 3. The molecule has 2 heterocycles. The first kappa shape index (κ1) is 17.1. The van der Waals surface area contributed by atoms with Gasteiger partial charge < -0.3 is 10.2 Å². The van der Waals surface area contributed by atoms with Crippen LogP contribution < -0.4 is 10.2 Å². The minimum atomic E-state index is -0.245. The molecular formula is C18H19Cl2N3O. The van der Waals surface area contributed by atoms with Crippen LogP contribution in [0.15, 0.2) is 36.5 Å². The van der Waals surface area contributed by atoms with Crippen LogP contribution in [0.3, 0.4) is 0 Å². The van der Waals surface area contributed by atoms with Gasteiger partial charge in [0.05, 0.1) is 16.3 Å². The third kappa shape index (κ3) is 4.00. The molecule has 6 heteroatoms. The normalized spacial score (nSPS) is 17.6. The summed E-state index contributed by atoms with van der Waals surface area (Å²) in [7, 11) is 0. The molecule has 4 nitrogen and oxygen atoms in total.